The molecule has 0 bridgehead atoms. The summed E-state index contributed by atoms with van der Waals surface area (Å²) in [5, 5.41) is 16.1. The van der Waals surface area contributed by atoms with E-state index in [4.69, 9.17) is 27.9 Å². The van der Waals surface area contributed by atoms with Gasteiger partial charge in [0, 0.05) is 49.3 Å². The second kappa shape index (κ2) is 12.7. The normalized spacial score (nSPS) is 12.8. The third kappa shape index (κ3) is 7.84. The molecule has 0 fully saturated rings. The zero-order valence-electron chi connectivity index (χ0n) is 17.3. The Morgan fingerprint density at radius 3 is 2.86 bits per heavy atom. The molecule has 160 valence electrons. The predicted molar refractivity (Wildman–Crippen MR) is 119 cm³/mol. The molecule has 0 aliphatic heterocycles. The highest BCUT2D eigenvalue weighted by Crippen LogP contribution is 2.25. The zero-order chi connectivity index (χ0) is 21.1. The summed E-state index contributed by atoms with van der Waals surface area (Å²) in [5.74, 6) is 1.70. The number of benzene rings is 1. The summed E-state index contributed by atoms with van der Waals surface area (Å²) in [4.78, 5) is 4.67. The van der Waals surface area contributed by atoms with Crippen LogP contribution >= 0.6 is 23.2 Å². The molecule has 29 heavy (non-hydrogen) atoms. The molecule has 0 aliphatic rings. The summed E-state index contributed by atoms with van der Waals surface area (Å²) in [6, 6.07) is 5.49. The van der Waals surface area contributed by atoms with E-state index in [1.54, 1.807) is 12.4 Å². The second-order valence-corrected chi connectivity index (χ2v) is 7.38. The number of nitrogens with one attached hydrogen (secondary N) is 2. The van der Waals surface area contributed by atoms with Gasteiger partial charge in [-0.3, -0.25) is 4.99 Å². The van der Waals surface area contributed by atoms with Gasteiger partial charge in [0.15, 0.2) is 5.96 Å². The van der Waals surface area contributed by atoms with Crippen LogP contribution in [0.2, 0.25) is 10.0 Å². The molecule has 0 amide bonds. The van der Waals surface area contributed by atoms with E-state index in [1.165, 1.54) is 0 Å². The van der Waals surface area contributed by atoms with Gasteiger partial charge in [-0.15, -0.1) is 10.2 Å². The molecule has 0 spiro atoms. The minimum atomic E-state index is -0.0287. The van der Waals surface area contributed by atoms with Crippen LogP contribution in [0.25, 0.3) is 0 Å². The van der Waals surface area contributed by atoms with Crippen LogP contribution in [0.1, 0.15) is 44.6 Å². The molecule has 1 aromatic carbocycles. The van der Waals surface area contributed by atoms with Crippen molar-refractivity contribution in [2.24, 2.45) is 4.99 Å². The molecule has 1 unspecified atom stereocenters. The van der Waals surface area contributed by atoms with Gasteiger partial charge >= 0.3 is 0 Å². The highest BCUT2D eigenvalue weighted by atomic mass is 35.5. The van der Waals surface area contributed by atoms with Gasteiger partial charge in [-0.25, -0.2) is 0 Å². The first-order valence-corrected chi connectivity index (χ1v) is 10.7. The number of aromatic nitrogens is 3. The second-order valence-electron chi connectivity index (χ2n) is 6.53. The molecule has 7 nitrogen and oxygen atoms in total. The summed E-state index contributed by atoms with van der Waals surface area (Å²) in [5.41, 5.74) is 0.965. The third-order valence-corrected chi connectivity index (χ3v) is 4.92. The maximum Gasteiger partial charge on any atom is 0.191 e. The standard InChI is InChI=1S/C20H30Cl2N6O/c1-4-19-27-25-14-28(19)11-10-24-20(23-9-6-12-29-5-2)26-15(3)17-8-7-16(21)13-18(17)22/h7-8,13-15H,4-6,9-12H2,1-3H3,(H2,23,24,26). The lowest BCUT2D eigenvalue weighted by molar-refractivity contribution is 0.146. The number of rotatable bonds is 11. The first kappa shape index (κ1) is 23.4. The van der Waals surface area contributed by atoms with Gasteiger partial charge < -0.3 is 19.9 Å². The Labute approximate surface area is 182 Å². The van der Waals surface area contributed by atoms with Crippen molar-refractivity contribution >= 4 is 29.2 Å². The lowest BCUT2D eigenvalue weighted by Gasteiger charge is -2.20. The number of aryl methyl sites for hydroxylation is 1. The van der Waals surface area contributed by atoms with Crippen molar-refractivity contribution in [1.82, 2.24) is 25.4 Å². The van der Waals surface area contributed by atoms with E-state index in [-0.39, 0.29) is 6.04 Å². The topological polar surface area (TPSA) is 76.4 Å². The van der Waals surface area contributed by atoms with E-state index in [9.17, 15) is 0 Å². The fraction of sp³-hybridized carbons (Fsp3) is 0.550. The molecule has 0 saturated carbocycles. The number of aliphatic imine (C=N–C) groups is 1. The first-order chi connectivity index (χ1) is 14.0. The van der Waals surface area contributed by atoms with Crippen LogP contribution in [-0.4, -0.2) is 47.0 Å². The van der Waals surface area contributed by atoms with Crippen LogP contribution in [0.15, 0.2) is 29.5 Å². The van der Waals surface area contributed by atoms with Crippen LogP contribution in [0.4, 0.5) is 0 Å². The minimum absolute atomic E-state index is 0.0287. The lowest BCUT2D eigenvalue weighted by Crippen LogP contribution is -2.40. The number of nitrogens with zero attached hydrogens (tertiary/aromatic N) is 4. The third-order valence-electron chi connectivity index (χ3n) is 4.36. The molecule has 0 aliphatic carbocycles. The summed E-state index contributed by atoms with van der Waals surface area (Å²) < 4.78 is 7.43. The number of halogens is 2. The van der Waals surface area contributed by atoms with Gasteiger partial charge in [0.05, 0.1) is 6.04 Å². The summed E-state index contributed by atoms with van der Waals surface area (Å²) >= 11 is 12.4. The fourth-order valence-electron chi connectivity index (χ4n) is 2.82. The van der Waals surface area contributed by atoms with Crippen molar-refractivity contribution in [2.75, 3.05) is 26.3 Å². The van der Waals surface area contributed by atoms with Crippen molar-refractivity contribution in [3.63, 3.8) is 0 Å². The lowest BCUT2D eigenvalue weighted by atomic mass is 10.1. The molecule has 9 heteroatoms. The highest BCUT2D eigenvalue weighted by molar-refractivity contribution is 6.35. The summed E-state index contributed by atoms with van der Waals surface area (Å²) in [7, 11) is 0. The Morgan fingerprint density at radius 1 is 1.31 bits per heavy atom. The van der Waals surface area contributed by atoms with Gasteiger partial charge in [-0.1, -0.05) is 36.2 Å². The number of hydrogen-bond acceptors (Lipinski definition) is 4. The number of guanidine groups is 1. The Balaban J connectivity index is 1.98. The molecular formula is C20H30Cl2N6O. The van der Waals surface area contributed by atoms with Crippen LogP contribution in [0.3, 0.4) is 0 Å². The molecule has 1 atom stereocenters. The van der Waals surface area contributed by atoms with Gasteiger partial charge in [-0.2, -0.15) is 0 Å². The highest BCUT2D eigenvalue weighted by Gasteiger charge is 2.12. The number of ether oxygens (including phenoxy) is 1. The van der Waals surface area contributed by atoms with E-state index in [2.05, 4.69) is 32.7 Å². The maximum atomic E-state index is 6.36. The van der Waals surface area contributed by atoms with E-state index < -0.39 is 0 Å². The quantitative estimate of drug-likeness (QED) is 0.315. The van der Waals surface area contributed by atoms with Gasteiger partial charge in [0.25, 0.3) is 0 Å². The van der Waals surface area contributed by atoms with Crippen molar-refractivity contribution in [2.45, 2.75) is 46.2 Å². The smallest absolute Gasteiger partial charge is 0.191 e. The Bertz CT molecular complexity index is 780. The summed E-state index contributed by atoms with van der Waals surface area (Å²) in [6.45, 7) is 9.65. The maximum absolute atomic E-state index is 6.36. The van der Waals surface area contributed by atoms with Gasteiger partial charge in [0.1, 0.15) is 12.2 Å². The molecule has 0 radical (unpaired) electrons. The zero-order valence-corrected chi connectivity index (χ0v) is 18.8. The van der Waals surface area contributed by atoms with Crippen molar-refractivity contribution in [1.29, 1.82) is 0 Å². The van der Waals surface area contributed by atoms with Crippen LogP contribution in [0, 0.1) is 0 Å². The van der Waals surface area contributed by atoms with Gasteiger partial charge in [0.2, 0.25) is 0 Å². The molecule has 1 aromatic heterocycles. The largest absolute Gasteiger partial charge is 0.382 e. The predicted octanol–water partition coefficient (Wildman–Crippen LogP) is 3.87. The molecule has 0 saturated heterocycles. The fourth-order valence-corrected chi connectivity index (χ4v) is 3.40. The average Bonchev–Trinajstić information content (AvgIpc) is 3.15. The Kier molecular flexibility index (Phi) is 10.2. The first-order valence-electron chi connectivity index (χ1n) is 9.99. The number of hydrogen-bond donors (Lipinski definition) is 2. The molecule has 1 heterocycles. The van der Waals surface area contributed by atoms with E-state index in [0.29, 0.717) is 29.7 Å². The Morgan fingerprint density at radius 2 is 2.14 bits per heavy atom. The van der Waals surface area contributed by atoms with Crippen LogP contribution in [-0.2, 0) is 17.7 Å². The molecule has 2 rings (SSSR count). The van der Waals surface area contributed by atoms with Gasteiger partial charge in [-0.05, 0) is 38.0 Å². The van der Waals surface area contributed by atoms with Crippen molar-refractivity contribution in [3.8, 4) is 0 Å². The monoisotopic (exact) mass is 440 g/mol. The summed E-state index contributed by atoms with van der Waals surface area (Å²) in [6.07, 6.45) is 3.47. The van der Waals surface area contributed by atoms with Crippen LogP contribution in [0.5, 0.6) is 0 Å². The van der Waals surface area contributed by atoms with Crippen molar-refractivity contribution < 1.29 is 4.74 Å². The molecule has 2 N–H and O–H groups in total. The minimum Gasteiger partial charge on any atom is -0.382 e. The van der Waals surface area contributed by atoms with E-state index in [1.807, 2.05) is 30.5 Å². The average molecular weight is 441 g/mol. The SMILES string of the molecule is CCOCCCN=C(NCCn1cnnc1CC)NC(C)c1ccc(Cl)cc1Cl. The van der Waals surface area contributed by atoms with E-state index in [0.717, 1.165) is 43.3 Å². The Hall–Kier alpha value is -1.83. The molecule has 2 aromatic rings. The van der Waals surface area contributed by atoms with Crippen LogP contribution < -0.4 is 10.6 Å². The van der Waals surface area contributed by atoms with E-state index >= 15 is 0 Å². The molecular weight excluding hydrogens is 411 g/mol. The van der Waals surface area contributed by atoms with Crippen molar-refractivity contribution in [3.05, 3.63) is 46.0 Å².